The maximum atomic E-state index is 12.4. The van der Waals surface area contributed by atoms with E-state index < -0.39 is 6.43 Å². The SMILES string of the molecule is N#Cc1cnc(-c2ccc(C(F)F)cc2)nc1Cl. The van der Waals surface area contributed by atoms with Crippen molar-refractivity contribution in [2.75, 3.05) is 0 Å². The molecule has 0 aliphatic heterocycles. The molecule has 0 aliphatic rings. The summed E-state index contributed by atoms with van der Waals surface area (Å²) in [6.07, 6.45) is -1.21. The van der Waals surface area contributed by atoms with Crippen molar-refractivity contribution >= 4 is 11.6 Å². The molecular weight excluding hydrogens is 260 g/mol. The highest BCUT2D eigenvalue weighted by Crippen LogP contribution is 2.23. The molecule has 2 rings (SSSR count). The van der Waals surface area contributed by atoms with Crippen LogP contribution in [0.25, 0.3) is 11.4 Å². The van der Waals surface area contributed by atoms with E-state index in [0.717, 1.165) is 0 Å². The number of hydrogen-bond donors (Lipinski definition) is 0. The largest absolute Gasteiger partial charge is 0.263 e. The van der Waals surface area contributed by atoms with Gasteiger partial charge in [0.2, 0.25) is 0 Å². The summed E-state index contributed by atoms with van der Waals surface area (Å²) in [7, 11) is 0. The van der Waals surface area contributed by atoms with E-state index in [1.54, 1.807) is 0 Å². The fourth-order valence-corrected chi connectivity index (χ4v) is 1.52. The van der Waals surface area contributed by atoms with Crippen molar-refractivity contribution in [3.8, 4) is 17.5 Å². The van der Waals surface area contributed by atoms with E-state index in [4.69, 9.17) is 16.9 Å². The maximum absolute atomic E-state index is 12.4. The van der Waals surface area contributed by atoms with Gasteiger partial charge < -0.3 is 0 Å². The van der Waals surface area contributed by atoms with E-state index in [1.165, 1.54) is 30.5 Å². The van der Waals surface area contributed by atoms with E-state index in [1.807, 2.05) is 6.07 Å². The molecule has 18 heavy (non-hydrogen) atoms. The van der Waals surface area contributed by atoms with Crippen molar-refractivity contribution in [3.63, 3.8) is 0 Å². The highest BCUT2D eigenvalue weighted by Gasteiger charge is 2.09. The van der Waals surface area contributed by atoms with Crippen molar-refractivity contribution in [2.24, 2.45) is 0 Å². The fraction of sp³-hybridized carbons (Fsp3) is 0.0833. The summed E-state index contributed by atoms with van der Waals surface area (Å²) in [5.74, 6) is 0.291. The second-order valence-electron chi connectivity index (χ2n) is 3.43. The first-order chi connectivity index (χ1) is 8.61. The van der Waals surface area contributed by atoms with Crippen LogP contribution in [0.4, 0.5) is 8.78 Å². The standard InChI is InChI=1S/C12H6ClF2N3/c13-10-9(5-16)6-17-12(18-10)8-3-1-7(2-4-8)11(14)15/h1-4,6,11H. The van der Waals surface area contributed by atoms with Gasteiger partial charge in [0.05, 0.1) is 6.20 Å². The molecular formula is C12H6ClF2N3. The second-order valence-corrected chi connectivity index (χ2v) is 3.79. The summed E-state index contributed by atoms with van der Waals surface area (Å²) < 4.78 is 24.8. The molecule has 0 radical (unpaired) electrons. The zero-order chi connectivity index (χ0) is 13.1. The van der Waals surface area contributed by atoms with Gasteiger partial charge in [-0.1, -0.05) is 35.9 Å². The average Bonchev–Trinajstić information content (AvgIpc) is 2.38. The molecule has 0 spiro atoms. The van der Waals surface area contributed by atoms with Gasteiger partial charge in [-0.2, -0.15) is 5.26 Å². The van der Waals surface area contributed by atoms with Crippen LogP contribution < -0.4 is 0 Å². The lowest BCUT2D eigenvalue weighted by atomic mass is 10.1. The molecule has 0 fully saturated rings. The Kier molecular flexibility index (Phi) is 3.49. The molecule has 0 unspecified atom stereocenters. The quantitative estimate of drug-likeness (QED) is 0.780. The van der Waals surface area contributed by atoms with E-state index in [2.05, 4.69) is 9.97 Å². The van der Waals surface area contributed by atoms with Crippen LogP contribution in [0.1, 0.15) is 17.6 Å². The molecule has 0 saturated heterocycles. The summed E-state index contributed by atoms with van der Waals surface area (Å²) >= 11 is 5.77. The summed E-state index contributed by atoms with van der Waals surface area (Å²) in [6, 6.07) is 7.41. The lowest BCUT2D eigenvalue weighted by molar-refractivity contribution is 0.151. The number of aromatic nitrogens is 2. The molecule has 0 atom stereocenters. The number of alkyl halides is 2. The molecule has 0 amide bonds. The third-order valence-corrected chi connectivity index (χ3v) is 2.57. The van der Waals surface area contributed by atoms with Gasteiger partial charge in [-0.3, -0.25) is 0 Å². The minimum atomic E-state index is -2.51. The highest BCUT2D eigenvalue weighted by atomic mass is 35.5. The topological polar surface area (TPSA) is 49.6 Å². The first-order valence-corrected chi connectivity index (χ1v) is 5.30. The van der Waals surface area contributed by atoms with E-state index in [9.17, 15) is 8.78 Å². The minimum absolute atomic E-state index is 0.0421. The van der Waals surface area contributed by atoms with E-state index >= 15 is 0 Å². The van der Waals surface area contributed by atoms with Crippen LogP contribution in [0.15, 0.2) is 30.5 Å². The van der Waals surface area contributed by atoms with Gasteiger partial charge in [0.15, 0.2) is 11.0 Å². The minimum Gasteiger partial charge on any atom is -0.235 e. The Morgan fingerprint density at radius 3 is 2.39 bits per heavy atom. The predicted molar refractivity (Wildman–Crippen MR) is 62.2 cm³/mol. The average molecular weight is 266 g/mol. The monoisotopic (exact) mass is 265 g/mol. The van der Waals surface area contributed by atoms with Crippen molar-refractivity contribution in [2.45, 2.75) is 6.43 Å². The fourth-order valence-electron chi connectivity index (χ4n) is 1.35. The Morgan fingerprint density at radius 1 is 1.22 bits per heavy atom. The van der Waals surface area contributed by atoms with Crippen LogP contribution in [-0.4, -0.2) is 9.97 Å². The van der Waals surface area contributed by atoms with Crippen molar-refractivity contribution in [3.05, 3.63) is 46.7 Å². The zero-order valence-corrected chi connectivity index (χ0v) is 9.70. The number of hydrogen-bond acceptors (Lipinski definition) is 3. The van der Waals surface area contributed by atoms with E-state index in [-0.39, 0.29) is 16.3 Å². The Labute approximate surface area is 107 Å². The van der Waals surface area contributed by atoms with Gasteiger partial charge in [-0.15, -0.1) is 0 Å². The summed E-state index contributed by atoms with van der Waals surface area (Å²) in [4.78, 5) is 7.88. The Balaban J connectivity index is 2.37. The summed E-state index contributed by atoms with van der Waals surface area (Å²) in [6.45, 7) is 0. The molecule has 3 nitrogen and oxygen atoms in total. The van der Waals surface area contributed by atoms with Gasteiger partial charge in [0.25, 0.3) is 6.43 Å². The smallest absolute Gasteiger partial charge is 0.235 e. The first kappa shape index (κ1) is 12.4. The van der Waals surface area contributed by atoms with Crippen LogP contribution in [0.2, 0.25) is 5.15 Å². The lowest BCUT2D eigenvalue weighted by Crippen LogP contribution is -1.92. The zero-order valence-electron chi connectivity index (χ0n) is 8.94. The van der Waals surface area contributed by atoms with Crippen LogP contribution in [0, 0.1) is 11.3 Å². The predicted octanol–water partition coefficient (Wildman–Crippen LogP) is 3.61. The molecule has 1 heterocycles. The van der Waals surface area contributed by atoms with Crippen LogP contribution in [-0.2, 0) is 0 Å². The lowest BCUT2D eigenvalue weighted by Gasteiger charge is -2.03. The van der Waals surface area contributed by atoms with Gasteiger partial charge >= 0.3 is 0 Å². The van der Waals surface area contributed by atoms with Crippen molar-refractivity contribution < 1.29 is 8.78 Å². The Hall–Kier alpha value is -2.06. The molecule has 6 heteroatoms. The Bertz CT molecular complexity index is 606. The van der Waals surface area contributed by atoms with Gasteiger partial charge in [-0.05, 0) is 0 Å². The molecule has 2 aromatic rings. The molecule has 1 aromatic carbocycles. The van der Waals surface area contributed by atoms with Gasteiger partial charge in [0, 0.05) is 11.1 Å². The highest BCUT2D eigenvalue weighted by molar-refractivity contribution is 6.30. The molecule has 0 N–H and O–H groups in total. The summed E-state index contributed by atoms with van der Waals surface area (Å²) in [5.41, 5.74) is 0.661. The third kappa shape index (κ3) is 2.44. The molecule has 0 aliphatic carbocycles. The Morgan fingerprint density at radius 2 is 1.89 bits per heavy atom. The molecule has 1 aromatic heterocycles. The molecule has 0 bridgehead atoms. The first-order valence-electron chi connectivity index (χ1n) is 4.93. The number of benzene rings is 1. The van der Waals surface area contributed by atoms with Gasteiger partial charge in [0.1, 0.15) is 11.6 Å². The molecule has 90 valence electrons. The number of nitrogens with zero attached hydrogens (tertiary/aromatic N) is 3. The second kappa shape index (κ2) is 5.07. The van der Waals surface area contributed by atoms with Crippen LogP contribution >= 0.6 is 11.6 Å². The van der Waals surface area contributed by atoms with Crippen LogP contribution in [0.5, 0.6) is 0 Å². The molecule has 0 saturated carbocycles. The maximum Gasteiger partial charge on any atom is 0.263 e. The number of rotatable bonds is 2. The van der Waals surface area contributed by atoms with Crippen molar-refractivity contribution in [1.82, 2.24) is 9.97 Å². The normalized spacial score (nSPS) is 10.4. The van der Waals surface area contributed by atoms with E-state index in [0.29, 0.717) is 11.4 Å². The number of nitriles is 1. The van der Waals surface area contributed by atoms with Crippen molar-refractivity contribution in [1.29, 1.82) is 5.26 Å². The van der Waals surface area contributed by atoms with Gasteiger partial charge in [-0.25, -0.2) is 18.7 Å². The third-order valence-electron chi connectivity index (χ3n) is 2.28. The summed E-state index contributed by atoms with van der Waals surface area (Å²) in [5, 5.41) is 8.72. The number of halogens is 3. The van der Waals surface area contributed by atoms with Crippen LogP contribution in [0.3, 0.4) is 0 Å².